The predicted octanol–water partition coefficient (Wildman–Crippen LogP) is 1.49. The third kappa shape index (κ3) is 3.95. The maximum Gasteiger partial charge on any atom is 0.328 e. The van der Waals surface area contributed by atoms with Crippen LogP contribution in [0.25, 0.3) is 10.9 Å². The minimum Gasteiger partial charge on any atom is -0.386 e. The number of nitrogens with one attached hydrogen (secondary N) is 1. The van der Waals surface area contributed by atoms with Crippen molar-refractivity contribution in [3.63, 3.8) is 0 Å². The standard InChI is InChI=1S/C23H28N4O4/c1-15-12-27(22(30)24-21(15)29)19-10-11-26(14-23(19,2)31)20(28)9-8-16-13-25(3)18-7-5-4-6-17(16)18/h4-7,12-13,19,31H,8-11,14H2,1-3H3,(H,24,29,30)/t19-,23-/m0/s1. The number of aromatic nitrogens is 3. The second-order valence-corrected chi connectivity index (χ2v) is 8.74. The summed E-state index contributed by atoms with van der Waals surface area (Å²) in [7, 11) is 2.00. The molecule has 8 nitrogen and oxygen atoms in total. The van der Waals surface area contributed by atoms with E-state index in [4.69, 9.17) is 0 Å². The summed E-state index contributed by atoms with van der Waals surface area (Å²) in [6.07, 6.45) is 4.95. The lowest BCUT2D eigenvalue weighted by Crippen LogP contribution is -2.56. The Kier molecular flexibility index (Phi) is 5.35. The molecule has 164 valence electrons. The fourth-order valence-electron chi connectivity index (χ4n) is 4.65. The summed E-state index contributed by atoms with van der Waals surface area (Å²) >= 11 is 0. The van der Waals surface area contributed by atoms with E-state index in [1.165, 1.54) is 10.8 Å². The van der Waals surface area contributed by atoms with Crippen LogP contribution in [0.5, 0.6) is 0 Å². The third-order valence-corrected chi connectivity index (χ3v) is 6.32. The van der Waals surface area contributed by atoms with E-state index in [-0.39, 0.29) is 12.5 Å². The Morgan fingerprint density at radius 1 is 1.26 bits per heavy atom. The zero-order valence-corrected chi connectivity index (χ0v) is 18.1. The van der Waals surface area contributed by atoms with Crippen LogP contribution in [-0.2, 0) is 18.3 Å². The number of β-amino-alcohol motifs (C(OH)–C–C–N with tert-alkyl or cyclic N) is 1. The van der Waals surface area contributed by atoms with Crippen molar-refractivity contribution in [2.75, 3.05) is 13.1 Å². The van der Waals surface area contributed by atoms with Crippen molar-refractivity contribution in [2.24, 2.45) is 7.05 Å². The molecule has 1 aromatic carbocycles. The number of aryl methyl sites for hydroxylation is 3. The summed E-state index contributed by atoms with van der Waals surface area (Å²) in [5, 5.41) is 12.2. The lowest BCUT2D eigenvalue weighted by molar-refractivity contribution is -0.140. The van der Waals surface area contributed by atoms with Crippen molar-refractivity contribution in [3.05, 3.63) is 68.6 Å². The number of amides is 1. The summed E-state index contributed by atoms with van der Waals surface area (Å²) in [4.78, 5) is 40.8. The van der Waals surface area contributed by atoms with Gasteiger partial charge in [-0.3, -0.25) is 19.1 Å². The third-order valence-electron chi connectivity index (χ3n) is 6.32. The molecule has 1 aliphatic heterocycles. The molecule has 31 heavy (non-hydrogen) atoms. The number of carbonyl (C=O) groups excluding carboxylic acids is 1. The van der Waals surface area contributed by atoms with Crippen molar-refractivity contribution in [1.29, 1.82) is 0 Å². The number of hydrogen-bond acceptors (Lipinski definition) is 4. The minimum absolute atomic E-state index is 0.0170. The predicted molar refractivity (Wildman–Crippen MR) is 118 cm³/mol. The Morgan fingerprint density at radius 2 is 2.00 bits per heavy atom. The van der Waals surface area contributed by atoms with Gasteiger partial charge < -0.3 is 14.6 Å². The number of carbonyl (C=O) groups is 1. The van der Waals surface area contributed by atoms with E-state index >= 15 is 0 Å². The van der Waals surface area contributed by atoms with Gasteiger partial charge in [0.25, 0.3) is 5.56 Å². The number of likely N-dealkylation sites (tertiary alicyclic amines) is 1. The number of hydrogen-bond donors (Lipinski definition) is 2. The van der Waals surface area contributed by atoms with Gasteiger partial charge in [0.1, 0.15) is 5.60 Å². The first-order chi connectivity index (χ1) is 14.7. The van der Waals surface area contributed by atoms with Gasteiger partial charge in [-0.05, 0) is 38.3 Å². The van der Waals surface area contributed by atoms with Gasteiger partial charge in [0.05, 0.1) is 12.6 Å². The fraction of sp³-hybridized carbons (Fsp3) is 0.435. The molecule has 0 aliphatic carbocycles. The summed E-state index contributed by atoms with van der Waals surface area (Å²) in [5.74, 6) is -0.0170. The Morgan fingerprint density at radius 3 is 2.74 bits per heavy atom. The summed E-state index contributed by atoms with van der Waals surface area (Å²) in [6.45, 7) is 3.83. The Balaban J connectivity index is 1.46. The molecule has 3 aromatic rings. The highest BCUT2D eigenvalue weighted by molar-refractivity contribution is 5.85. The number of nitrogens with zero attached hydrogens (tertiary/aromatic N) is 3. The van der Waals surface area contributed by atoms with E-state index in [1.54, 1.807) is 18.7 Å². The first-order valence-corrected chi connectivity index (χ1v) is 10.5. The molecule has 1 fully saturated rings. The van der Waals surface area contributed by atoms with Gasteiger partial charge >= 0.3 is 5.69 Å². The average molecular weight is 425 g/mol. The maximum atomic E-state index is 12.9. The van der Waals surface area contributed by atoms with Crippen LogP contribution >= 0.6 is 0 Å². The van der Waals surface area contributed by atoms with E-state index in [1.807, 2.05) is 19.2 Å². The van der Waals surface area contributed by atoms with Gasteiger partial charge in [0.15, 0.2) is 0 Å². The summed E-state index contributed by atoms with van der Waals surface area (Å²) < 4.78 is 3.45. The van der Waals surface area contributed by atoms with E-state index in [2.05, 4.69) is 27.9 Å². The van der Waals surface area contributed by atoms with Gasteiger partial charge in [0.2, 0.25) is 5.91 Å². The Labute approximate surface area is 179 Å². The lowest BCUT2D eigenvalue weighted by Gasteiger charge is -2.43. The van der Waals surface area contributed by atoms with Crippen LogP contribution in [0.15, 0.2) is 46.2 Å². The molecule has 0 radical (unpaired) electrons. The molecule has 0 spiro atoms. The molecule has 1 saturated heterocycles. The molecule has 0 saturated carbocycles. The first-order valence-electron chi connectivity index (χ1n) is 10.5. The molecule has 0 unspecified atom stereocenters. The van der Waals surface area contributed by atoms with Gasteiger partial charge in [-0.15, -0.1) is 0 Å². The zero-order chi connectivity index (χ0) is 22.3. The highest BCUT2D eigenvalue weighted by atomic mass is 16.3. The van der Waals surface area contributed by atoms with Crippen molar-refractivity contribution in [3.8, 4) is 0 Å². The molecule has 1 aliphatic rings. The van der Waals surface area contributed by atoms with Gasteiger partial charge in [-0.1, -0.05) is 18.2 Å². The highest BCUT2D eigenvalue weighted by Gasteiger charge is 2.41. The summed E-state index contributed by atoms with van der Waals surface area (Å²) in [5.41, 5.74) is 0.406. The summed E-state index contributed by atoms with van der Waals surface area (Å²) in [6, 6.07) is 7.60. The Bertz CT molecular complexity index is 1250. The molecule has 8 heteroatoms. The van der Waals surface area contributed by atoms with Crippen LogP contribution in [-0.4, -0.2) is 48.7 Å². The van der Waals surface area contributed by atoms with Crippen molar-refractivity contribution < 1.29 is 9.90 Å². The fourth-order valence-corrected chi connectivity index (χ4v) is 4.65. The first kappa shape index (κ1) is 21.1. The number of rotatable bonds is 4. The number of aliphatic hydroxyl groups is 1. The number of para-hydroxylation sites is 1. The van der Waals surface area contributed by atoms with Crippen LogP contribution in [0.3, 0.4) is 0 Å². The van der Waals surface area contributed by atoms with Crippen LogP contribution < -0.4 is 11.2 Å². The number of aromatic amines is 1. The van der Waals surface area contributed by atoms with Gasteiger partial charge in [-0.25, -0.2) is 4.79 Å². The molecule has 3 heterocycles. The Hall–Kier alpha value is -3.13. The number of benzene rings is 1. The molecule has 2 aromatic heterocycles. The molecular formula is C23H28N4O4. The van der Waals surface area contributed by atoms with Crippen LogP contribution in [0, 0.1) is 6.92 Å². The second kappa shape index (κ2) is 7.85. The molecule has 4 rings (SSSR count). The highest BCUT2D eigenvalue weighted by Crippen LogP contribution is 2.31. The quantitative estimate of drug-likeness (QED) is 0.663. The molecule has 0 bridgehead atoms. The second-order valence-electron chi connectivity index (χ2n) is 8.74. The largest absolute Gasteiger partial charge is 0.386 e. The molecule has 2 N–H and O–H groups in total. The molecule has 1 amide bonds. The zero-order valence-electron chi connectivity index (χ0n) is 18.1. The maximum absolute atomic E-state index is 12.9. The number of piperidine rings is 1. The van der Waals surface area contributed by atoms with Gasteiger partial charge in [0, 0.05) is 48.9 Å². The van der Waals surface area contributed by atoms with Crippen LogP contribution in [0.1, 0.15) is 36.9 Å². The smallest absolute Gasteiger partial charge is 0.328 e. The normalized spacial score (nSPS) is 21.5. The van der Waals surface area contributed by atoms with Crippen molar-refractivity contribution >= 4 is 16.8 Å². The SMILES string of the molecule is Cc1cn([C@H]2CCN(C(=O)CCc3cn(C)c4ccccc34)C[C@]2(C)O)c(=O)[nH]c1=O. The van der Waals surface area contributed by atoms with Crippen molar-refractivity contribution in [1.82, 2.24) is 19.0 Å². The molecule has 2 atom stereocenters. The van der Waals surface area contributed by atoms with E-state index < -0.39 is 22.9 Å². The number of fused-ring (bicyclic) bond motifs is 1. The monoisotopic (exact) mass is 424 g/mol. The van der Waals surface area contributed by atoms with Crippen molar-refractivity contribution in [2.45, 2.75) is 44.8 Å². The topological polar surface area (TPSA) is 100 Å². The van der Waals surface area contributed by atoms with Crippen LogP contribution in [0.4, 0.5) is 0 Å². The van der Waals surface area contributed by atoms with E-state index in [0.717, 1.165) is 16.5 Å². The lowest BCUT2D eigenvalue weighted by atomic mass is 9.88. The number of H-pyrrole nitrogens is 1. The van der Waals surface area contributed by atoms with Gasteiger partial charge in [-0.2, -0.15) is 0 Å². The average Bonchev–Trinajstić information content (AvgIpc) is 3.04. The minimum atomic E-state index is -1.29. The van der Waals surface area contributed by atoms with E-state index in [9.17, 15) is 19.5 Å². The molecular weight excluding hydrogens is 396 g/mol. The van der Waals surface area contributed by atoms with Crippen LogP contribution in [0.2, 0.25) is 0 Å². The van der Waals surface area contributed by atoms with E-state index in [0.29, 0.717) is 31.4 Å².